The summed E-state index contributed by atoms with van der Waals surface area (Å²) < 4.78 is 1.08. The van der Waals surface area contributed by atoms with Crippen LogP contribution in [0.5, 0.6) is 0 Å². The molecule has 0 atom stereocenters. The van der Waals surface area contributed by atoms with Crippen LogP contribution in [0.25, 0.3) is 10.1 Å². The van der Waals surface area contributed by atoms with Gasteiger partial charge in [-0.3, -0.25) is 4.79 Å². The largest absolute Gasteiger partial charge is 0.397 e. The van der Waals surface area contributed by atoms with Crippen LogP contribution in [0.3, 0.4) is 0 Å². The van der Waals surface area contributed by atoms with Gasteiger partial charge in [0.15, 0.2) is 0 Å². The number of rotatable bonds is 4. The van der Waals surface area contributed by atoms with E-state index in [1.54, 1.807) is 4.90 Å². The first-order valence-electron chi connectivity index (χ1n) is 7.33. The number of nitrogens with two attached hydrogens (primary N) is 1. The first kappa shape index (κ1) is 14.4. The Morgan fingerprint density at radius 2 is 2.24 bits per heavy atom. The molecule has 1 amide bonds. The maximum atomic E-state index is 12.8. The third-order valence-electron chi connectivity index (χ3n) is 4.26. The highest BCUT2D eigenvalue weighted by Crippen LogP contribution is 2.37. The maximum absolute atomic E-state index is 12.8. The number of aliphatic hydroxyl groups is 1. The highest BCUT2D eigenvalue weighted by atomic mass is 32.1. The Hall–Kier alpha value is -1.59. The summed E-state index contributed by atoms with van der Waals surface area (Å²) >= 11 is 1.47. The molecule has 5 heteroatoms. The molecule has 2 aromatic rings. The molecule has 1 fully saturated rings. The predicted molar refractivity (Wildman–Crippen MR) is 86.7 cm³/mol. The minimum Gasteiger partial charge on any atom is -0.397 e. The number of amides is 1. The molecular weight excluding hydrogens is 284 g/mol. The molecule has 3 rings (SSSR count). The predicted octanol–water partition coefficient (Wildman–Crippen LogP) is 2.78. The van der Waals surface area contributed by atoms with Gasteiger partial charge in [0.2, 0.25) is 0 Å². The second-order valence-corrected chi connectivity index (χ2v) is 6.62. The fourth-order valence-electron chi connectivity index (χ4n) is 2.82. The zero-order valence-corrected chi connectivity index (χ0v) is 12.9. The molecule has 0 radical (unpaired) electrons. The van der Waals surface area contributed by atoms with Crippen LogP contribution >= 0.6 is 11.3 Å². The van der Waals surface area contributed by atoms with E-state index in [-0.39, 0.29) is 18.6 Å². The number of carbonyl (C=O) groups is 1. The van der Waals surface area contributed by atoms with Gasteiger partial charge in [-0.05, 0) is 31.7 Å². The first-order chi connectivity index (χ1) is 10.1. The summed E-state index contributed by atoms with van der Waals surface area (Å²) in [4.78, 5) is 15.2. The minimum absolute atomic E-state index is 0.00787. The third kappa shape index (κ3) is 2.40. The van der Waals surface area contributed by atoms with Gasteiger partial charge >= 0.3 is 0 Å². The van der Waals surface area contributed by atoms with Gasteiger partial charge in [0.25, 0.3) is 5.91 Å². The van der Waals surface area contributed by atoms with E-state index in [9.17, 15) is 9.90 Å². The maximum Gasteiger partial charge on any atom is 0.266 e. The van der Waals surface area contributed by atoms with E-state index in [1.165, 1.54) is 11.3 Å². The lowest BCUT2D eigenvalue weighted by molar-refractivity contribution is 0.0531. The Labute approximate surface area is 128 Å². The number of aliphatic hydroxyl groups excluding tert-OH is 1. The molecule has 1 aromatic heterocycles. The van der Waals surface area contributed by atoms with Gasteiger partial charge in [0.1, 0.15) is 4.88 Å². The number of nitrogen functional groups attached to an aromatic ring is 1. The summed E-state index contributed by atoms with van der Waals surface area (Å²) in [6.07, 6.45) is 3.20. The van der Waals surface area contributed by atoms with E-state index < -0.39 is 0 Å². The van der Waals surface area contributed by atoms with Crippen LogP contribution in [0.1, 0.15) is 34.5 Å². The average Bonchev–Trinajstić information content (AvgIpc) is 2.75. The number of hydrogen-bond acceptors (Lipinski definition) is 4. The Morgan fingerprint density at radius 1 is 1.48 bits per heavy atom. The second-order valence-electron chi connectivity index (χ2n) is 5.60. The fraction of sp³-hybridized carbons (Fsp3) is 0.438. The van der Waals surface area contributed by atoms with Gasteiger partial charge in [-0.25, -0.2) is 0 Å². The molecule has 0 spiro atoms. The van der Waals surface area contributed by atoms with Crippen molar-refractivity contribution < 1.29 is 9.90 Å². The summed E-state index contributed by atoms with van der Waals surface area (Å²) in [6.45, 7) is 2.41. The smallest absolute Gasteiger partial charge is 0.266 e. The molecule has 1 aliphatic carbocycles. The lowest BCUT2D eigenvalue weighted by atomic mass is 9.91. The van der Waals surface area contributed by atoms with Crippen molar-refractivity contribution >= 4 is 33.0 Å². The summed E-state index contributed by atoms with van der Waals surface area (Å²) in [6, 6.07) is 6.22. The van der Waals surface area contributed by atoms with E-state index >= 15 is 0 Å². The van der Waals surface area contributed by atoms with Gasteiger partial charge in [-0.15, -0.1) is 11.3 Å². The molecular formula is C16H20N2O2S. The molecule has 21 heavy (non-hydrogen) atoms. The molecule has 0 bridgehead atoms. The van der Waals surface area contributed by atoms with Crippen molar-refractivity contribution in [2.24, 2.45) is 0 Å². The van der Waals surface area contributed by atoms with E-state index in [0.717, 1.165) is 34.9 Å². The molecule has 3 N–H and O–H groups in total. The number of hydrogen-bond donors (Lipinski definition) is 2. The third-order valence-corrected chi connectivity index (χ3v) is 5.61. The van der Waals surface area contributed by atoms with Crippen molar-refractivity contribution in [3.8, 4) is 0 Å². The number of benzene rings is 1. The van der Waals surface area contributed by atoms with Gasteiger partial charge in [-0.2, -0.15) is 0 Å². The fourth-order valence-corrected chi connectivity index (χ4v) is 3.97. The van der Waals surface area contributed by atoms with Crippen molar-refractivity contribution in [3.63, 3.8) is 0 Å². The van der Waals surface area contributed by atoms with E-state index in [4.69, 9.17) is 5.73 Å². The number of carbonyl (C=O) groups excluding carboxylic acids is 1. The monoisotopic (exact) mass is 304 g/mol. The molecule has 1 saturated carbocycles. The lowest BCUT2D eigenvalue weighted by Gasteiger charge is -2.37. The Balaban J connectivity index is 2.00. The van der Waals surface area contributed by atoms with Gasteiger partial charge in [-0.1, -0.05) is 18.2 Å². The molecule has 1 aromatic carbocycles. The standard InChI is InChI=1S/C16H20N2O2S/c1-10-4-2-7-12-13(17)15(21-14(10)12)16(20)18(8-9-19)11-5-3-6-11/h2,4,7,11,19H,3,5-6,8-9,17H2,1H3. The molecule has 0 unspecified atom stereocenters. The van der Waals surface area contributed by atoms with E-state index in [0.29, 0.717) is 17.1 Å². The summed E-state index contributed by atoms with van der Waals surface area (Å²) in [5.74, 6) is -0.0353. The molecule has 0 aliphatic heterocycles. The number of nitrogens with zero attached hydrogens (tertiary/aromatic N) is 1. The first-order valence-corrected chi connectivity index (χ1v) is 8.14. The van der Waals surface area contributed by atoms with Crippen molar-refractivity contribution in [2.75, 3.05) is 18.9 Å². The Kier molecular flexibility index (Phi) is 3.87. The SMILES string of the molecule is Cc1cccc2c(N)c(C(=O)N(CCO)C3CCC3)sc12. The van der Waals surface area contributed by atoms with Gasteiger partial charge in [0.05, 0.1) is 12.3 Å². The summed E-state index contributed by atoms with van der Waals surface area (Å²) in [5.41, 5.74) is 7.92. The van der Waals surface area contributed by atoms with Crippen LogP contribution in [0.4, 0.5) is 5.69 Å². The van der Waals surface area contributed by atoms with Crippen LogP contribution in [0.2, 0.25) is 0 Å². The highest BCUT2D eigenvalue weighted by molar-refractivity contribution is 7.21. The number of aryl methyl sites for hydroxylation is 1. The lowest BCUT2D eigenvalue weighted by Crippen LogP contribution is -2.45. The number of fused-ring (bicyclic) bond motifs is 1. The Bertz CT molecular complexity index is 676. The van der Waals surface area contributed by atoms with Gasteiger partial charge in [0, 0.05) is 22.7 Å². The topological polar surface area (TPSA) is 66.6 Å². The normalized spacial score (nSPS) is 15.1. The van der Waals surface area contributed by atoms with Crippen LogP contribution in [0.15, 0.2) is 18.2 Å². The minimum atomic E-state index is -0.0353. The van der Waals surface area contributed by atoms with Crippen LogP contribution in [0, 0.1) is 6.92 Å². The van der Waals surface area contributed by atoms with Crippen molar-refractivity contribution in [1.82, 2.24) is 4.90 Å². The highest BCUT2D eigenvalue weighted by Gasteiger charge is 2.31. The van der Waals surface area contributed by atoms with Crippen molar-refractivity contribution in [2.45, 2.75) is 32.2 Å². The molecule has 1 heterocycles. The molecule has 1 aliphatic rings. The van der Waals surface area contributed by atoms with Crippen LogP contribution in [-0.2, 0) is 0 Å². The van der Waals surface area contributed by atoms with Gasteiger partial charge < -0.3 is 15.7 Å². The Morgan fingerprint density at radius 3 is 2.81 bits per heavy atom. The summed E-state index contributed by atoms with van der Waals surface area (Å²) in [5, 5.41) is 10.2. The molecule has 112 valence electrons. The zero-order chi connectivity index (χ0) is 15.0. The second kappa shape index (κ2) is 5.66. The average molecular weight is 304 g/mol. The van der Waals surface area contributed by atoms with E-state index in [2.05, 4.69) is 0 Å². The summed E-state index contributed by atoms with van der Waals surface area (Å²) in [7, 11) is 0. The van der Waals surface area contributed by atoms with E-state index in [1.807, 2.05) is 25.1 Å². The quantitative estimate of drug-likeness (QED) is 0.912. The number of thiophene rings is 1. The van der Waals surface area contributed by atoms with Crippen molar-refractivity contribution in [3.05, 3.63) is 28.6 Å². The molecule has 0 saturated heterocycles. The van der Waals surface area contributed by atoms with Crippen LogP contribution in [-0.4, -0.2) is 35.1 Å². The van der Waals surface area contributed by atoms with Crippen LogP contribution < -0.4 is 5.73 Å². The number of anilines is 1. The zero-order valence-electron chi connectivity index (χ0n) is 12.1. The van der Waals surface area contributed by atoms with Crippen molar-refractivity contribution in [1.29, 1.82) is 0 Å². The molecule has 4 nitrogen and oxygen atoms in total.